The molecule has 7 nitrogen and oxygen atoms in total. The number of amides is 1. The summed E-state index contributed by atoms with van der Waals surface area (Å²) in [4.78, 5) is 13.4. The molecule has 0 bridgehead atoms. The molecule has 0 aliphatic heterocycles. The van der Waals surface area contributed by atoms with Crippen LogP contribution in [0.2, 0.25) is 5.15 Å². The molecule has 2 N–H and O–H groups in total. The van der Waals surface area contributed by atoms with Gasteiger partial charge in [-0.15, -0.1) is 21.5 Å². The quantitative estimate of drug-likeness (QED) is 0.650. The molecule has 0 aliphatic rings. The summed E-state index contributed by atoms with van der Waals surface area (Å²) in [7, 11) is -3.83. The van der Waals surface area contributed by atoms with Crippen molar-refractivity contribution < 1.29 is 13.2 Å². The molecule has 10 heteroatoms. The molecule has 2 heterocycles. The molecule has 2 aromatic heterocycles. The Hall–Kier alpha value is -2.49. The number of hydrogen-bond acceptors (Lipinski definition) is 6. The monoisotopic (exact) mass is 422 g/mol. The van der Waals surface area contributed by atoms with Crippen LogP contribution < -0.4 is 10.0 Å². The van der Waals surface area contributed by atoms with Crippen molar-refractivity contribution in [2.45, 2.75) is 18.7 Å². The van der Waals surface area contributed by atoms with Gasteiger partial charge in [-0.3, -0.25) is 9.52 Å². The van der Waals surface area contributed by atoms with Gasteiger partial charge in [0.15, 0.2) is 11.0 Å². The summed E-state index contributed by atoms with van der Waals surface area (Å²) in [5.74, 6) is -0.179. The summed E-state index contributed by atoms with van der Waals surface area (Å²) in [6.45, 7) is 3.84. The van der Waals surface area contributed by atoms with Crippen molar-refractivity contribution in [3.05, 3.63) is 62.9 Å². The Kier molecular flexibility index (Phi) is 5.45. The van der Waals surface area contributed by atoms with Gasteiger partial charge in [-0.2, -0.15) is 0 Å². The highest BCUT2D eigenvalue weighted by molar-refractivity contribution is 7.92. The second-order valence-electron chi connectivity index (χ2n) is 5.66. The molecule has 27 heavy (non-hydrogen) atoms. The minimum atomic E-state index is -3.83. The van der Waals surface area contributed by atoms with E-state index in [-0.39, 0.29) is 21.8 Å². The van der Waals surface area contributed by atoms with Crippen molar-refractivity contribution in [1.82, 2.24) is 10.2 Å². The Balaban J connectivity index is 1.73. The Bertz CT molecular complexity index is 1080. The van der Waals surface area contributed by atoms with Gasteiger partial charge >= 0.3 is 0 Å². The predicted molar refractivity (Wildman–Crippen MR) is 106 cm³/mol. The SMILES string of the molecule is Cc1scc(C(=O)Nc2ccc(S(=O)(=O)Nc3ccc(Cl)nn3)cc2)c1C. The number of aryl methyl sites for hydroxylation is 1. The van der Waals surface area contributed by atoms with E-state index in [1.807, 2.05) is 13.8 Å². The van der Waals surface area contributed by atoms with Gasteiger partial charge in [-0.1, -0.05) is 11.6 Å². The van der Waals surface area contributed by atoms with Gasteiger partial charge in [0, 0.05) is 15.9 Å². The van der Waals surface area contributed by atoms with Crippen molar-refractivity contribution in [3.63, 3.8) is 0 Å². The fraction of sp³-hybridized carbons (Fsp3) is 0.118. The van der Waals surface area contributed by atoms with Gasteiger partial charge < -0.3 is 5.32 Å². The third kappa shape index (κ3) is 4.44. The zero-order chi connectivity index (χ0) is 19.6. The molecule has 0 unspecified atom stereocenters. The number of thiophene rings is 1. The van der Waals surface area contributed by atoms with Gasteiger partial charge in [0.1, 0.15) is 0 Å². The van der Waals surface area contributed by atoms with E-state index >= 15 is 0 Å². The summed E-state index contributed by atoms with van der Waals surface area (Å²) in [6, 6.07) is 8.68. The lowest BCUT2D eigenvalue weighted by Crippen LogP contribution is -2.15. The van der Waals surface area contributed by atoms with Crippen molar-refractivity contribution >= 4 is 50.4 Å². The van der Waals surface area contributed by atoms with Crippen LogP contribution in [0.1, 0.15) is 20.8 Å². The predicted octanol–water partition coefficient (Wildman–Crippen LogP) is 3.86. The second kappa shape index (κ2) is 7.63. The summed E-state index contributed by atoms with van der Waals surface area (Å²) in [5, 5.41) is 12.0. The highest BCUT2D eigenvalue weighted by Crippen LogP contribution is 2.22. The zero-order valence-electron chi connectivity index (χ0n) is 14.4. The molecule has 0 aliphatic carbocycles. The molecule has 0 spiro atoms. The van der Waals surface area contributed by atoms with E-state index in [1.165, 1.54) is 47.7 Å². The standard InChI is InChI=1S/C17H15ClN4O3S2/c1-10-11(2)26-9-14(10)17(23)19-12-3-5-13(6-4-12)27(24,25)22-16-8-7-15(18)20-21-16/h3-9H,1-2H3,(H,19,23)(H,21,22). The maximum absolute atomic E-state index is 12.4. The molecule has 3 rings (SSSR count). The molecular formula is C17H15ClN4O3S2. The number of carbonyl (C=O) groups excluding carboxylic acids is 1. The fourth-order valence-corrected chi connectivity index (χ4v) is 4.18. The normalized spacial score (nSPS) is 11.2. The van der Waals surface area contributed by atoms with Gasteiger partial charge in [-0.25, -0.2) is 8.42 Å². The molecule has 0 fully saturated rings. The van der Waals surface area contributed by atoms with Gasteiger partial charge in [0.25, 0.3) is 15.9 Å². The topological polar surface area (TPSA) is 101 Å². The second-order valence-corrected chi connectivity index (χ2v) is 8.81. The average Bonchev–Trinajstić information content (AvgIpc) is 2.96. The summed E-state index contributed by atoms with van der Waals surface area (Å²) < 4.78 is 27.1. The van der Waals surface area contributed by atoms with E-state index in [1.54, 1.807) is 5.38 Å². The molecule has 1 amide bonds. The molecule has 1 aromatic carbocycles. The van der Waals surface area contributed by atoms with Crippen LogP contribution in [0.3, 0.4) is 0 Å². The molecular weight excluding hydrogens is 408 g/mol. The molecule has 3 aromatic rings. The lowest BCUT2D eigenvalue weighted by atomic mass is 10.1. The number of aromatic nitrogens is 2. The molecule has 0 saturated heterocycles. The number of nitrogens with zero attached hydrogens (tertiary/aromatic N) is 2. The fourth-order valence-electron chi connectivity index (χ4n) is 2.22. The Morgan fingerprint density at radius 3 is 2.33 bits per heavy atom. The van der Waals surface area contributed by atoms with Crippen LogP contribution in [-0.4, -0.2) is 24.5 Å². The maximum atomic E-state index is 12.4. The smallest absolute Gasteiger partial charge is 0.263 e. The minimum Gasteiger partial charge on any atom is -0.322 e. The van der Waals surface area contributed by atoms with Crippen molar-refractivity contribution in [2.24, 2.45) is 0 Å². The summed E-state index contributed by atoms with van der Waals surface area (Å²) >= 11 is 7.14. The van der Waals surface area contributed by atoms with Crippen molar-refractivity contribution in [3.8, 4) is 0 Å². The third-order valence-electron chi connectivity index (χ3n) is 3.82. The molecule has 140 valence electrons. The minimum absolute atomic E-state index is 0.0276. The first kappa shape index (κ1) is 19.3. The highest BCUT2D eigenvalue weighted by Gasteiger charge is 2.16. The number of rotatable bonds is 5. The first-order valence-electron chi connectivity index (χ1n) is 7.74. The van der Waals surface area contributed by atoms with Crippen LogP contribution in [0.5, 0.6) is 0 Å². The van der Waals surface area contributed by atoms with E-state index in [0.29, 0.717) is 11.3 Å². The number of anilines is 2. The van der Waals surface area contributed by atoms with Gasteiger partial charge in [0.2, 0.25) is 0 Å². The summed E-state index contributed by atoms with van der Waals surface area (Å²) in [6.07, 6.45) is 0. The van der Waals surface area contributed by atoms with E-state index in [2.05, 4.69) is 20.2 Å². The summed E-state index contributed by atoms with van der Waals surface area (Å²) in [5.41, 5.74) is 2.04. The van der Waals surface area contributed by atoms with Gasteiger partial charge in [0.05, 0.1) is 10.5 Å². The van der Waals surface area contributed by atoms with Crippen molar-refractivity contribution in [1.29, 1.82) is 0 Å². The molecule has 0 saturated carbocycles. The van der Waals surface area contributed by atoms with Crippen LogP contribution in [0.25, 0.3) is 0 Å². The van der Waals surface area contributed by atoms with Crippen LogP contribution in [0.15, 0.2) is 46.7 Å². The van der Waals surface area contributed by atoms with Crippen molar-refractivity contribution in [2.75, 3.05) is 10.0 Å². The lowest BCUT2D eigenvalue weighted by Gasteiger charge is -2.09. The Morgan fingerprint density at radius 2 is 1.78 bits per heavy atom. The molecule has 0 atom stereocenters. The number of sulfonamides is 1. The van der Waals surface area contributed by atoms with Crippen LogP contribution in [0, 0.1) is 13.8 Å². The first-order chi connectivity index (χ1) is 12.8. The lowest BCUT2D eigenvalue weighted by molar-refractivity contribution is 0.102. The first-order valence-corrected chi connectivity index (χ1v) is 10.5. The van der Waals surface area contributed by atoms with Crippen LogP contribution in [-0.2, 0) is 10.0 Å². The average molecular weight is 423 g/mol. The van der Waals surface area contributed by atoms with Gasteiger partial charge in [-0.05, 0) is 55.8 Å². The maximum Gasteiger partial charge on any atom is 0.263 e. The number of halogens is 1. The number of carbonyl (C=O) groups is 1. The highest BCUT2D eigenvalue weighted by atomic mass is 35.5. The van der Waals surface area contributed by atoms with Crippen LogP contribution in [0.4, 0.5) is 11.5 Å². The van der Waals surface area contributed by atoms with E-state index in [0.717, 1.165) is 10.4 Å². The van der Waals surface area contributed by atoms with E-state index in [4.69, 9.17) is 11.6 Å². The largest absolute Gasteiger partial charge is 0.322 e. The number of hydrogen-bond donors (Lipinski definition) is 2. The Labute approximate surface area is 165 Å². The third-order valence-corrected chi connectivity index (χ3v) is 6.41. The van der Waals surface area contributed by atoms with Crippen LogP contribution >= 0.6 is 22.9 Å². The van der Waals surface area contributed by atoms with E-state index in [9.17, 15) is 13.2 Å². The number of nitrogens with one attached hydrogen (secondary N) is 2. The zero-order valence-corrected chi connectivity index (χ0v) is 16.7. The number of benzene rings is 1. The Morgan fingerprint density at radius 1 is 1.07 bits per heavy atom. The molecule has 0 radical (unpaired) electrons. The van der Waals surface area contributed by atoms with E-state index < -0.39 is 10.0 Å².